The molecule has 0 aliphatic heterocycles. The monoisotopic (exact) mass is 446 g/mol. The number of aliphatic carboxylic acids is 1. The van der Waals surface area contributed by atoms with E-state index < -0.39 is 18.0 Å². The number of aryl methyl sites for hydroxylation is 1. The van der Waals surface area contributed by atoms with Gasteiger partial charge in [-0.15, -0.1) is 0 Å². The van der Waals surface area contributed by atoms with E-state index in [0.29, 0.717) is 0 Å². The third-order valence-electron chi connectivity index (χ3n) is 5.39. The highest BCUT2D eigenvalue weighted by atomic mass is 16.5. The lowest BCUT2D eigenvalue weighted by molar-refractivity contribution is -0.131. The van der Waals surface area contributed by atoms with Crippen molar-refractivity contribution in [2.45, 2.75) is 5.92 Å². The Hall–Kier alpha value is -4.40. The quantitative estimate of drug-likeness (QED) is 0.479. The van der Waals surface area contributed by atoms with Crippen LogP contribution in [0.4, 0.5) is 10.6 Å². The zero-order chi connectivity index (χ0) is 23.4. The van der Waals surface area contributed by atoms with Crippen LogP contribution in [-0.4, -0.2) is 46.0 Å². The van der Waals surface area contributed by atoms with Crippen LogP contribution >= 0.6 is 0 Å². The third kappa shape index (κ3) is 4.62. The van der Waals surface area contributed by atoms with Crippen LogP contribution in [0.5, 0.6) is 0 Å². The number of carboxylic acids is 1. The van der Waals surface area contributed by atoms with Gasteiger partial charge in [0, 0.05) is 25.6 Å². The maximum absolute atomic E-state index is 12.6. The summed E-state index contributed by atoms with van der Waals surface area (Å²) in [5, 5.41) is 17.8. The molecule has 4 rings (SSSR count). The SMILES string of the molecule is Cn1ncc(C(=O)NC/C=C/C(=O)O)c1NC(=O)OCC1c2ccccc2-c2ccccc21. The molecule has 2 aromatic carbocycles. The van der Waals surface area contributed by atoms with Crippen molar-refractivity contribution in [1.29, 1.82) is 0 Å². The lowest BCUT2D eigenvalue weighted by Gasteiger charge is -2.15. The van der Waals surface area contributed by atoms with Gasteiger partial charge in [-0.05, 0) is 22.3 Å². The normalized spacial score (nSPS) is 12.3. The number of carboxylic acid groups (broad SMARTS) is 1. The van der Waals surface area contributed by atoms with Crippen LogP contribution in [0.15, 0.2) is 66.9 Å². The summed E-state index contributed by atoms with van der Waals surface area (Å²) in [6.45, 7) is 0.156. The predicted octanol–water partition coefficient (Wildman–Crippen LogP) is 3.15. The number of aromatic nitrogens is 2. The summed E-state index contributed by atoms with van der Waals surface area (Å²) in [6.07, 6.45) is 2.84. The number of nitrogens with zero attached hydrogens (tertiary/aromatic N) is 2. The van der Waals surface area contributed by atoms with Gasteiger partial charge in [0.2, 0.25) is 0 Å². The largest absolute Gasteiger partial charge is 0.478 e. The fraction of sp³-hybridized carbons (Fsp3) is 0.167. The zero-order valence-corrected chi connectivity index (χ0v) is 17.8. The summed E-state index contributed by atoms with van der Waals surface area (Å²) in [5.74, 6) is -1.53. The summed E-state index contributed by atoms with van der Waals surface area (Å²) < 4.78 is 6.88. The van der Waals surface area contributed by atoms with Gasteiger partial charge in [0.05, 0.1) is 6.20 Å². The second kappa shape index (κ2) is 9.39. The number of hydrogen-bond acceptors (Lipinski definition) is 5. The van der Waals surface area contributed by atoms with Crippen LogP contribution in [0.2, 0.25) is 0 Å². The highest BCUT2D eigenvalue weighted by molar-refractivity contribution is 6.01. The van der Waals surface area contributed by atoms with Gasteiger partial charge >= 0.3 is 12.1 Å². The number of benzene rings is 2. The standard InChI is InChI=1S/C24H22N4O5/c1-28-22(19(13-26-28)23(31)25-12-6-11-21(29)30)27-24(32)33-14-20-17-9-4-2-7-15(17)16-8-3-5-10-18(16)20/h2-11,13,20H,12,14H2,1H3,(H,25,31)(H,27,32)(H,29,30)/b11-6+. The minimum absolute atomic E-state index is 0.0183. The van der Waals surface area contributed by atoms with E-state index in [9.17, 15) is 14.4 Å². The van der Waals surface area contributed by atoms with Crippen molar-refractivity contribution in [1.82, 2.24) is 15.1 Å². The number of carbonyl (C=O) groups excluding carboxylic acids is 2. The van der Waals surface area contributed by atoms with Gasteiger partial charge in [0.15, 0.2) is 0 Å². The van der Waals surface area contributed by atoms with Crippen molar-refractivity contribution >= 4 is 23.8 Å². The molecule has 0 radical (unpaired) electrons. The molecule has 0 bridgehead atoms. The molecule has 9 nitrogen and oxygen atoms in total. The molecular weight excluding hydrogens is 424 g/mol. The zero-order valence-electron chi connectivity index (χ0n) is 17.8. The first-order valence-corrected chi connectivity index (χ1v) is 10.3. The Bertz CT molecular complexity index is 1200. The molecule has 1 aromatic heterocycles. The van der Waals surface area contributed by atoms with Gasteiger partial charge in [-0.2, -0.15) is 5.10 Å². The number of anilines is 1. The van der Waals surface area contributed by atoms with E-state index in [1.165, 1.54) is 17.0 Å². The first-order valence-electron chi connectivity index (χ1n) is 10.3. The number of hydrogen-bond donors (Lipinski definition) is 3. The summed E-state index contributed by atoms with van der Waals surface area (Å²) >= 11 is 0. The van der Waals surface area contributed by atoms with Crippen molar-refractivity contribution in [2.75, 3.05) is 18.5 Å². The minimum atomic E-state index is -1.11. The number of rotatable bonds is 7. The lowest BCUT2D eigenvalue weighted by Crippen LogP contribution is -2.26. The number of nitrogens with one attached hydrogen (secondary N) is 2. The summed E-state index contributed by atoms with van der Waals surface area (Å²) in [4.78, 5) is 35.5. The second-order valence-electron chi connectivity index (χ2n) is 7.43. The van der Waals surface area contributed by atoms with Crippen LogP contribution in [-0.2, 0) is 16.6 Å². The van der Waals surface area contributed by atoms with E-state index in [2.05, 4.69) is 27.9 Å². The van der Waals surface area contributed by atoms with Gasteiger partial charge in [0.25, 0.3) is 5.91 Å². The van der Waals surface area contributed by atoms with Crippen molar-refractivity contribution < 1.29 is 24.2 Å². The number of fused-ring (bicyclic) bond motifs is 3. The number of ether oxygens (including phenoxy) is 1. The van der Waals surface area contributed by atoms with Crippen LogP contribution < -0.4 is 10.6 Å². The van der Waals surface area contributed by atoms with Crippen molar-refractivity contribution in [3.63, 3.8) is 0 Å². The Labute approximate surface area is 189 Å². The lowest BCUT2D eigenvalue weighted by atomic mass is 9.98. The highest BCUT2D eigenvalue weighted by Gasteiger charge is 2.29. The van der Waals surface area contributed by atoms with E-state index in [1.807, 2.05) is 36.4 Å². The van der Waals surface area contributed by atoms with Crippen molar-refractivity contribution in [3.8, 4) is 11.1 Å². The van der Waals surface area contributed by atoms with Crippen molar-refractivity contribution in [2.24, 2.45) is 7.05 Å². The van der Waals surface area contributed by atoms with E-state index in [4.69, 9.17) is 9.84 Å². The molecule has 33 heavy (non-hydrogen) atoms. The topological polar surface area (TPSA) is 123 Å². The molecule has 0 saturated carbocycles. The summed E-state index contributed by atoms with van der Waals surface area (Å²) in [6, 6.07) is 16.1. The molecule has 1 heterocycles. The predicted molar refractivity (Wildman–Crippen MR) is 121 cm³/mol. The van der Waals surface area contributed by atoms with Gasteiger partial charge in [-0.25, -0.2) is 9.59 Å². The molecule has 0 atom stereocenters. The van der Waals surface area contributed by atoms with E-state index >= 15 is 0 Å². The van der Waals surface area contributed by atoms with Crippen LogP contribution in [0, 0.1) is 0 Å². The third-order valence-corrected chi connectivity index (χ3v) is 5.39. The van der Waals surface area contributed by atoms with Gasteiger partial charge in [-0.1, -0.05) is 54.6 Å². The first-order chi connectivity index (χ1) is 16.0. The molecule has 0 unspecified atom stereocenters. The average molecular weight is 446 g/mol. The molecular formula is C24H22N4O5. The molecule has 1 aliphatic carbocycles. The maximum Gasteiger partial charge on any atom is 0.412 e. The fourth-order valence-electron chi connectivity index (χ4n) is 3.89. The number of amides is 2. The maximum atomic E-state index is 12.6. The molecule has 168 valence electrons. The Kier molecular flexibility index (Phi) is 6.21. The summed E-state index contributed by atoms with van der Waals surface area (Å²) in [7, 11) is 1.58. The van der Waals surface area contributed by atoms with E-state index in [1.54, 1.807) is 7.05 Å². The van der Waals surface area contributed by atoms with Crippen LogP contribution in [0.1, 0.15) is 27.4 Å². The van der Waals surface area contributed by atoms with E-state index in [0.717, 1.165) is 28.3 Å². The molecule has 0 spiro atoms. The van der Waals surface area contributed by atoms with Gasteiger partial charge in [0.1, 0.15) is 18.0 Å². The Balaban J connectivity index is 1.42. The van der Waals surface area contributed by atoms with Crippen molar-refractivity contribution in [3.05, 3.63) is 83.6 Å². The van der Waals surface area contributed by atoms with Crippen LogP contribution in [0.3, 0.4) is 0 Å². The van der Waals surface area contributed by atoms with Crippen LogP contribution in [0.25, 0.3) is 11.1 Å². The molecule has 9 heteroatoms. The average Bonchev–Trinajstić information content (AvgIpc) is 3.33. The first kappa shape index (κ1) is 21.8. The fourth-order valence-corrected chi connectivity index (χ4v) is 3.89. The molecule has 1 aliphatic rings. The smallest absolute Gasteiger partial charge is 0.412 e. The van der Waals surface area contributed by atoms with Gasteiger partial charge < -0.3 is 15.2 Å². The van der Waals surface area contributed by atoms with Gasteiger partial charge in [-0.3, -0.25) is 14.8 Å². The van der Waals surface area contributed by atoms with E-state index in [-0.39, 0.29) is 30.5 Å². The second-order valence-corrected chi connectivity index (χ2v) is 7.43. The minimum Gasteiger partial charge on any atom is -0.478 e. The molecule has 0 fully saturated rings. The number of carbonyl (C=O) groups is 3. The molecule has 3 aromatic rings. The molecule has 2 amide bonds. The summed E-state index contributed by atoms with van der Waals surface area (Å²) in [5.41, 5.74) is 4.59. The molecule has 3 N–H and O–H groups in total. The molecule has 0 saturated heterocycles. The Morgan fingerprint density at radius 1 is 1.09 bits per heavy atom. The Morgan fingerprint density at radius 2 is 1.73 bits per heavy atom. The Morgan fingerprint density at radius 3 is 2.36 bits per heavy atom. The highest BCUT2D eigenvalue weighted by Crippen LogP contribution is 2.44.